The van der Waals surface area contributed by atoms with Crippen LogP contribution in [0.1, 0.15) is 18.9 Å². The van der Waals surface area contributed by atoms with E-state index in [0.717, 1.165) is 0 Å². The molecule has 0 N–H and O–H groups in total. The molecule has 0 saturated heterocycles. The van der Waals surface area contributed by atoms with Crippen molar-refractivity contribution < 1.29 is 24.0 Å². The molecule has 0 saturated carbocycles. The summed E-state index contributed by atoms with van der Waals surface area (Å²) >= 11 is 0. The summed E-state index contributed by atoms with van der Waals surface area (Å²) in [5.74, 6) is -1.05. The lowest BCUT2D eigenvalue weighted by atomic mass is 10.0. The first-order valence-electron chi connectivity index (χ1n) is 7.97. The van der Waals surface area contributed by atoms with Gasteiger partial charge in [-0.3, -0.25) is 14.9 Å². The Labute approximate surface area is 150 Å². The molecule has 1 amide bonds. The van der Waals surface area contributed by atoms with Gasteiger partial charge in [0.2, 0.25) is 0 Å². The Morgan fingerprint density at radius 1 is 1.31 bits per heavy atom. The van der Waals surface area contributed by atoms with E-state index in [-0.39, 0.29) is 22.4 Å². The molecule has 0 fully saturated rings. The number of methoxy groups -OCH3 is 2. The van der Waals surface area contributed by atoms with E-state index in [1.807, 2.05) is 0 Å². The quantitative estimate of drug-likeness (QED) is 0.243. The summed E-state index contributed by atoms with van der Waals surface area (Å²) in [5.41, 5.74) is 0.762. The summed E-state index contributed by atoms with van der Waals surface area (Å²) < 4.78 is 9.79. The molecular formula is C18H20N2O6. The largest absolute Gasteiger partial charge is 0.465 e. The summed E-state index contributed by atoms with van der Waals surface area (Å²) in [6.45, 7) is 2.48. The highest BCUT2D eigenvalue weighted by Gasteiger charge is 2.37. The smallest absolute Gasteiger partial charge is 0.340 e. The highest BCUT2D eigenvalue weighted by molar-refractivity contribution is 6.16. The molecule has 0 aliphatic carbocycles. The van der Waals surface area contributed by atoms with E-state index in [9.17, 15) is 19.7 Å². The fourth-order valence-corrected chi connectivity index (χ4v) is 2.80. The Bertz CT molecular complexity index is 797. The third kappa shape index (κ3) is 3.80. The van der Waals surface area contributed by atoms with E-state index in [1.165, 1.54) is 36.3 Å². The zero-order chi connectivity index (χ0) is 19.3. The number of ether oxygens (including phenoxy) is 2. The number of nitrogens with zero attached hydrogens (tertiary/aromatic N) is 2. The number of allylic oxidation sites excluding steroid dienone is 1. The fraction of sp³-hybridized carbons (Fsp3) is 0.333. The first-order chi connectivity index (χ1) is 12.4. The molecule has 0 unspecified atom stereocenters. The lowest BCUT2D eigenvalue weighted by molar-refractivity contribution is -0.385. The summed E-state index contributed by atoms with van der Waals surface area (Å²) in [4.78, 5) is 37.2. The minimum absolute atomic E-state index is 0.0843. The van der Waals surface area contributed by atoms with E-state index < -0.39 is 16.8 Å². The van der Waals surface area contributed by atoms with Crippen molar-refractivity contribution in [1.29, 1.82) is 0 Å². The van der Waals surface area contributed by atoms with Crippen LogP contribution in [0, 0.1) is 10.1 Å². The summed E-state index contributed by atoms with van der Waals surface area (Å²) in [7, 11) is 2.79. The number of amides is 1. The topological polar surface area (TPSA) is 99.0 Å². The second kappa shape index (κ2) is 8.39. The van der Waals surface area contributed by atoms with Gasteiger partial charge in [0.15, 0.2) is 0 Å². The number of carbonyl (C=O) groups excluding carboxylic acids is 2. The van der Waals surface area contributed by atoms with Crippen LogP contribution in [-0.4, -0.2) is 49.1 Å². The first kappa shape index (κ1) is 19.3. The van der Waals surface area contributed by atoms with Gasteiger partial charge < -0.3 is 14.4 Å². The van der Waals surface area contributed by atoms with Gasteiger partial charge in [0.25, 0.3) is 11.6 Å². The van der Waals surface area contributed by atoms with E-state index in [1.54, 1.807) is 20.1 Å². The van der Waals surface area contributed by atoms with E-state index >= 15 is 0 Å². The number of esters is 1. The van der Waals surface area contributed by atoms with Gasteiger partial charge in [-0.25, -0.2) is 4.79 Å². The molecule has 0 bridgehead atoms. The molecule has 0 atom stereocenters. The average molecular weight is 360 g/mol. The molecule has 138 valence electrons. The van der Waals surface area contributed by atoms with E-state index in [2.05, 4.69) is 0 Å². The van der Waals surface area contributed by atoms with E-state index in [0.29, 0.717) is 25.3 Å². The highest BCUT2D eigenvalue weighted by Crippen LogP contribution is 2.33. The monoisotopic (exact) mass is 360 g/mol. The van der Waals surface area contributed by atoms with Crippen LogP contribution >= 0.6 is 0 Å². The molecule has 1 heterocycles. The van der Waals surface area contributed by atoms with Gasteiger partial charge in [0, 0.05) is 32.0 Å². The summed E-state index contributed by atoms with van der Waals surface area (Å²) in [6.07, 6.45) is 1.96. The Kier molecular flexibility index (Phi) is 6.24. The molecule has 26 heavy (non-hydrogen) atoms. The fourth-order valence-electron chi connectivity index (χ4n) is 2.80. The molecular weight excluding hydrogens is 340 g/mol. The van der Waals surface area contributed by atoms with Crippen LogP contribution in [-0.2, 0) is 19.1 Å². The number of hydrogen-bond acceptors (Lipinski definition) is 6. The third-order valence-corrected chi connectivity index (χ3v) is 4.06. The van der Waals surface area contributed by atoms with Crippen molar-refractivity contribution in [2.45, 2.75) is 13.3 Å². The number of nitro groups is 1. The number of nitro benzene ring substituents is 1. The minimum atomic E-state index is -0.657. The molecule has 2 rings (SSSR count). The predicted octanol–water partition coefficient (Wildman–Crippen LogP) is 2.30. The zero-order valence-corrected chi connectivity index (χ0v) is 14.9. The molecule has 8 nitrogen and oxygen atoms in total. The number of benzene rings is 1. The van der Waals surface area contributed by atoms with Crippen molar-refractivity contribution in [2.75, 3.05) is 27.4 Å². The number of rotatable bonds is 7. The number of para-hydroxylation sites is 1. The Morgan fingerprint density at radius 3 is 2.62 bits per heavy atom. The maximum Gasteiger partial charge on any atom is 0.340 e. The van der Waals surface area contributed by atoms with Crippen LogP contribution < -0.4 is 0 Å². The second-order valence-electron chi connectivity index (χ2n) is 5.63. The van der Waals surface area contributed by atoms with Crippen LogP contribution in [0.4, 0.5) is 5.69 Å². The van der Waals surface area contributed by atoms with Crippen LogP contribution in [0.3, 0.4) is 0 Å². The minimum Gasteiger partial charge on any atom is -0.465 e. The average Bonchev–Trinajstić information content (AvgIpc) is 2.86. The Morgan fingerprint density at radius 2 is 2.00 bits per heavy atom. The molecule has 1 aliphatic heterocycles. The van der Waals surface area contributed by atoms with Crippen molar-refractivity contribution >= 4 is 23.6 Å². The van der Waals surface area contributed by atoms with Gasteiger partial charge >= 0.3 is 5.97 Å². The number of hydrogen-bond donors (Lipinski definition) is 0. The standard InChI is InChI=1S/C18H20N2O6/c1-12-16(18(22)26-3)14(17(21)19(12)9-6-10-25-2)11-13-7-4-5-8-15(13)20(23)24/h4-5,7-8,11H,6,9-10H2,1-3H3. The lowest BCUT2D eigenvalue weighted by Crippen LogP contribution is -2.26. The molecule has 8 heteroatoms. The summed E-state index contributed by atoms with van der Waals surface area (Å²) in [6, 6.07) is 6.03. The van der Waals surface area contributed by atoms with Crippen molar-refractivity contribution in [3.8, 4) is 0 Å². The second-order valence-corrected chi connectivity index (χ2v) is 5.63. The maximum absolute atomic E-state index is 12.8. The van der Waals surface area contributed by atoms with Gasteiger partial charge in [0.05, 0.1) is 28.7 Å². The van der Waals surface area contributed by atoms with E-state index in [4.69, 9.17) is 9.47 Å². The van der Waals surface area contributed by atoms with Crippen LogP contribution in [0.15, 0.2) is 41.1 Å². The van der Waals surface area contributed by atoms with Crippen LogP contribution in [0.5, 0.6) is 0 Å². The van der Waals surface area contributed by atoms with Crippen molar-refractivity contribution in [3.05, 3.63) is 56.8 Å². The Balaban J connectivity index is 2.51. The first-order valence-corrected chi connectivity index (χ1v) is 7.97. The van der Waals surface area contributed by atoms with Crippen LogP contribution in [0.25, 0.3) is 6.08 Å². The van der Waals surface area contributed by atoms with Crippen molar-refractivity contribution in [1.82, 2.24) is 4.90 Å². The zero-order valence-electron chi connectivity index (χ0n) is 14.9. The van der Waals surface area contributed by atoms with Gasteiger partial charge in [0.1, 0.15) is 0 Å². The third-order valence-electron chi connectivity index (χ3n) is 4.06. The van der Waals surface area contributed by atoms with Crippen molar-refractivity contribution in [2.24, 2.45) is 0 Å². The normalized spacial score (nSPS) is 15.7. The highest BCUT2D eigenvalue weighted by atomic mass is 16.6. The van der Waals surface area contributed by atoms with Gasteiger partial charge in [-0.1, -0.05) is 12.1 Å². The SMILES string of the molecule is COCCCN1C(=O)C(=Cc2ccccc2[N+](=O)[O-])C(C(=O)OC)=C1C. The number of carbonyl (C=O) groups is 2. The van der Waals surface area contributed by atoms with Gasteiger partial charge in [-0.05, 0) is 25.5 Å². The predicted molar refractivity (Wildman–Crippen MR) is 94.0 cm³/mol. The molecule has 0 radical (unpaired) electrons. The van der Waals surface area contributed by atoms with Crippen LogP contribution in [0.2, 0.25) is 0 Å². The Hall–Kier alpha value is -3.00. The molecule has 0 spiro atoms. The molecule has 1 aromatic rings. The molecule has 1 aromatic carbocycles. The molecule has 0 aromatic heterocycles. The lowest BCUT2D eigenvalue weighted by Gasteiger charge is -2.17. The maximum atomic E-state index is 12.8. The van der Waals surface area contributed by atoms with Crippen molar-refractivity contribution in [3.63, 3.8) is 0 Å². The molecule has 1 aliphatic rings. The summed E-state index contributed by atoms with van der Waals surface area (Å²) in [5, 5.41) is 11.2. The van der Waals surface area contributed by atoms with Gasteiger partial charge in [-0.15, -0.1) is 0 Å². The van der Waals surface area contributed by atoms with Gasteiger partial charge in [-0.2, -0.15) is 0 Å².